The van der Waals surface area contributed by atoms with Gasteiger partial charge in [-0.1, -0.05) is 12.1 Å². The van der Waals surface area contributed by atoms with Crippen LogP contribution in [0.15, 0.2) is 41.4 Å². The predicted molar refractivity (Wildman–Crippen MR) is 113 cm³/mol. The molecule has 6 nitrogen and oxygen atoms in total. The van der Waals surface area contributed by atoms with Gasteiger partial charge in [0.25, 0.3) is 0 Å². The second-order valence-corrected chi connectivity index (χ2v) is 9.79. The number of sulfonamides is 1. The highest BCUT2D eigenvalue weighted by Gasteiger charge is 2.39. The van der Waals surface area contributed by atoms with Crippen molar-refractivity contribution < 1.29 is 21.6 Å². The summed E-state index contributed by atoms with van der Waals surface area (Å²) in [6, 6.07) is 8.70. The second-order valence-electron chi connectivity index (χ2n) is 8.07. The smallest absolute Gasteiger partial charge is 0.335 e. The maximum Gasteiger partial charge on any atom is 0.404 e. The monoisotopic (exact) mass is 462 g/mol. The fourth-order valence-electron chi connectivity index (χ4n) is 3.86. The number of nitriles is 1. The number of hydrogen-bond acceptors (Lipinski definition) is 4. The van der Waals surface area contributed by atoms with Gasteiger partial charge in [-0.15, -0.1) is 0 Å². The minimum atomic E-state index is -4.70. The minimum Gasteiger partial charge on any atom is -0.335 e. The normalized spacial score (nSPS) is 16.0. The van der Waals surface area contributed by atoms with Gasteiger partial charge in [0.1, 0.15) is 17.0 Å². The van der Waals surface area contributed by atoms with Crippen LogP contribution in [0.1, 0.15) is 43.4 Å². The van der Waals surface area contributed by atoms with Crippen LogP contribution in [0, 0.1) is 18.3 Å². The molecule has 0 aliphatic heterocycles. The Morgan fingerprint density at radius 1 is 1.25 bits per heavy atom. The first kappa shape index (κ1) is 22.3. The third-order valence-electron chi connectivity index (χ3n) is 5.82. The minimum absolute atomic E-state index is 0.205. The first-order valence-electron chi connectivity index (χ1n) is 10.1. The molecular weight excluding hydrogens is 441 g/mol. The van der Waals surface area contributed by atoms with Crippen molar-refractivity contribution in [1.82, 2.24) is 14.3 Å². The van der Waals surface area contributed by atoms with Crippen LogP contribution in [0.25, 0.3) is 22.3 Å². The number of rotatable bonds is 5. The molecule has 2 aromatic heterocycles. The summed E-state index contributed by atoms with van der Waals surface area (Å²) < 4.78 is 66.8. The molecule has 0 bridgehead atoms. The topological polar surface area (TPSA) is 87.8 Å². The molecule has 0 amide bonds. The molecule has 1 unspecified atom stereocenters. The largest absolute Gasteiger partial charge is 0.404 e. The molecule has 1 saturated carbocycles. The van der Waals surface area contributed by atoms with Crippen LogP contribution in [0.4, 0.5) is 13.2 Å². The maximum atomic E-state index is 12.8. The Kier molecular flexibility index (Phi) is 5.51. The molecule has 1 atom stereocenters. The standard InChI is InChI=1S/C22H21F3N4O2S/c1-13-6-8-17-18(11-26)21(29(20(17)10-13)15-4-3-5-15)19-9-7-16(12-27-19)32(30,31)28-14(2)22(23,24)25/h6-10,12,14-15,28H,3-5H2,1-2H3. The van der Waals surface area contributed by atoms with Gasteiger partial charge in [0.05, 0.1) is 22.5 Å². The summed E-state index contributed by atoms with van der Waals surface area (Å²) in [5, 5.41) is 10.7. The van der Waals surface area contributed by atoms with Gasteiger partial charge in [0.15, 0.2) is 0 Å². The molecule has 0 spiro atoms. The molecule has 0 saturated heterocycles. The van der Waals surface area contributed by atoms with E-state index >= 15 is 0 Å². The SMILES string of the molecule is Cc1ccc2c(C#N)c(-c3ccc(S(=O)(=O)NC(C)C(F)(F)F)cn3)n(C3CCC3)c2c1. The maximum absolute atomic E-state index is 12.8. The van der Waals surface area contributed by atoms with Gasteiger partial charge in [0, 0.05) is 17.6 Å². The number of nitrogens with one attached hydrogen (secondary N) is 1. The Bertz CT molecular complexity index is 1320. The molecule has 3 aromatic rings. The van der Waals surface area contributed by atoms with Gasteiger partial charge < -0.3 is 4.57 Å². The molecule has 1 fully saturated rings. The zero-order valence-electron chi connectivity index (χ0n) is 17.4. The average Bonchev–Trinajstić information content (AvgIpc) is 2.99. The summed E-state index contributed by atoms with van der Waals surface area (Å²) >= 11 is 0. The van der Waals surface area contributed by atoms with E-state index in [0.717, 1.165) is 48.8 Å². The van der Waals surface area contributed by atoms with E-state index in [0.29, 0.717) is 17.0 Å². The molecule has 4 rings (SSSR count). The number of aromatic nitrogens is 2. The van der Waals surface area contributed by atoms with Crippen molar-refractivity contribution in [3.05, 3.63) is 47.7 Å². The quantitative estimate of drug-likeness (QED) is 0.588. The molecular formula is C22H21F3N4O2S. The average molecular weight is 462 g/mol. The highest BCUT2D eigenvalue weighted by molar-refractivity contribution is 7.89. The third kappa shape index (κ3) is 3.87. The first-order chi connectivity index (χ1) is 15.0. The summed E-state index contributed by atoms with van der Waals surface area (Å²) in [5.41, 5.74) is 3.40. The molecule has 1 N–H and O–H groups in total. The molecule has 10 heteroatoms. The molecule has 1 aliphatic carbocycles. The molecule has 32 heavy (non-hydrogen) atoms. The summed E-state index contributed by atoms with van der Waals surface area (Å²) in [7, 11) is -4.41. The summed E-state index contributed by atoms with van der Waals surface area (Å²) in [6.45, 7) is 2.70. The Balaban J connectivity index is 1.80. The van der Waals surface area contributed by atoms with Gasteiger partial charge in [-0.2, -0.15) is 23.2 Å². The van der Waals surface area contributed by atoms with Crippen LogP contribution in [-0.4, -0.2) is 30.2 Å². The van der Waals surface area contributed by atoms with E-state index in [4.69, 9.17) is 0 Å². The van der Waals surface area contributed by atoms with Crippen LogP contribution in [0.2, 0.25) is 0 Å². The third-order valence-corrected chi connectivity index (χ3v) is 7.35. The van der Waals surface area contributed by atoms with E-state index in [1.807, 2.05) is 25.1 Å². The Labute approximate surface area is 183 Å². The van der Waals surface area contributed by atoms with Crippen LogP contribution >= 0.6 is 0 Å². The highest BCUT2D eigenvalue weighted by atomic mass is 32.2. The summed E-state index contributed by atoms with van der Waals surface area (Å²) in [4.78, 5) is 3.86. The number of halogens is 3. The fourth-order valence-corrected chi connectivity index (χ4v) is 5.03. The lowest BCUT2D eigenvalue weighted by atomic mass is 9.92. The van der Waals surface area contributed by atoms with Crippen molar-refractivity contribution in [2.45, 2.75) is 56.3 Å². The van der Waals surface area contributed by atoms with Crippen LogP contribution in [0.3, 0.4) is 0 Å². The Hall–Kier alpha value is -2.90. The lowest BCUT2D eigenvalue weighted by Crippen LogP contribution is -2.42. The van der Waals surface area contributed by atoms with E-state index in [9.17, 15) is 26.9 Å². The molecule has 1 aromatic carbocycles. The van der Waals surface area contributed by atoms with Crippen LogP contribution < -0.4 is 4.72 Å². The van der Waals surface area contributed by atoms with Crippen molar-refractivity contribution in [3.63, 3.8) is 0 Å². The number of pyridine rings is 1. The number of aryl methyl sites for hydroxylation is 1. The van der Waals surface area contributed by atoms with Crippen molar-refractivity contribution in [2.75, 3.05) is 0 Å². The highest BCUT2D eigenvalue weighted by Crippen LogP contribution is 2.42. The van der Waals surface area contributed by atoms with E-state index in [1.54, 1.807) is 4.72 Å². The van der Waals surface area contributed by atoms with Crippen molar-refractivity contribution >= 4 is 20.9 Å². The van der Waals surface area contributed by atoms with Gasteiger partial charge in [-0.05, 0) is 56.9 Å². The number of alkyl halides is 3. The number of nitrogens with zero attached hydrogens (tertiary/aromatic N) is 3. The summed E-state index contributed by atoms with van der Waals surface area (Å²) in [6.07, 6.45) is -0.687. The zero-order chi connectivity index (χ0) is 23.3. The Morgan fingerprint density at radius 2 is 1.97 bits per heavy atom. The van der Waals surface area contributed by atoms with Crippen molar-refractivity contribution in [3.8, 4) is 17.5 Å². The van der Waals surface area contributed by atoms with E-state index in [1.165, 1.54) is 12.1 Å². The number of fused-ring (bicyclic) bond motifs is 1. The number of hydrogen-bond donors (Lipinski definition) is 1. The fraction of sp³-hybridized carbons (Fsp3) is 0.364. The van der Waals surface area contributed by atoms with Crippen LogP contribution in [-0.2, 0) is 10.0 Å². The molecule has 2 heterocycles. The van der Waals surface area contributed by atoms with Gasteiger partial charge >= 0.3 is 6.18 Å². The predicted octanol–water partition coefficient (Wildman–Crippen LogP) is 4.84. The van der Waals surface area contributed by atoms with Crippen molar-refractivity contribution in [1.29, 1.82) is 5.26 Å². The van der Waals surface area contributed by atoms with Crippen molar-refractivity contribution in [2.24, 2.45) is 0 Å². The second kappa shape index (κ2) is 7.90. The zero-order valence-corrected chi connectivity index (χ0v) is 18.3. The first-order valence-corrected chi connectivity index (χ1v) is 11.6. The molecule has 0 radical (unpaired) electrons. The van der Waals surface area contributed by atoms with Gasteiger partial charge in [-0.25, -0.2) is 8.42 Å². The molecule has 1 aliphatic rings. The lowest BCUT2D eigenvalue weighted by molar-refractivity contribution is -0.147. The number of benzene rings is 1. The van der Waals surface area contributed by atoms with E-state index < -0.39 is 22.2 Å². The van der Waals surface area contributed by atoms with Crippen LogP contribution in [0.5, 0.6) is 0 Å². The van der Waals surface area contributed by atoms with Gasteiger partial charge in [0.2, 0.25) is 10.0 Å². The lowest BCUT2D eigenvalue weighted by Gasteiger charge is -2.30. The summed E-state index contributed by atoms with van der Waals surface area (Å²) in [5.74, 6) is 0. The molecule has 168 valence electrons. The van der Waals surface area contributed by atoms with E-state index in [-0.39, 0.29) is 10.9 Å². The van der Waals surface area contributed by atoms with Gasteiger partial charge in [-0.3, -0.25) is 4.98 Å². The van der Waals surface area contributed by atoms with E-state index in [2.05, 4.69) is 15.6 Å². The Morgan fingerprint density at radius 3 is 2.50 bits per heavy atom.